The number of rotatable bonds is 0. The van der Waals surface area contributed by atoms with Gasteiger partial charge in [0.15, 0.2) is 0 Å². The van der Waals surface area contributed by atoms with E-state index in [-0.39, 0.29) is 0 Å². The fourth-order valence-corrected chi connectivity index (χ4v) is 0.601. The zero-order valence-electron chi connectivity index (χ0n) is 7.34. The van der Waals surface area contributed by atoms with Crippen molar-refractivity contribution < 1.29 is 0 Å². The van der Waals surface area contributed by atoms with E-state index in [2.05, 4.69) is 10.2 Å². The maximum atomic E-state index is 4.02. The highest BCUT2D eigenvalue weighted by Crippen LogP contribution is 1.94. The van der Waals surface area contributed by atoms with E-state index in [1.54, 1.807) is 4.80 Å². The first-order valence-electron chi connectivity index (χ1n) is 3.54. The van der Waals surface area contributed by atoms with E-state index >= 15 is 0 Å². The van der Waals surface area contributed by atoms with E-state index in [0.717, 1.165) is 11.4 Å². The molecule has 0 saturated heterocycles. The highest BCUT2D eigenvalue weighted by atomic mass is 15.5. The molecule has 0 atom stereocenters. The first kappa shape index (κ1) is 9.14. The van der Waals surface area contributed by atoms with Gasteiger partial charge in [-0.1, -0.05) is 13.8 Å². The van der Waals surface area contributed by atoms with Gasteiger partial charge in [0.2, 0.25) is 0 Å². The van der Waals surface area contributed by atoms with Crippen LogP contribution in [0.15, 0.2) is 0 Å². The van der Waals surface area contributed by atoms with Crippen LogP contribution in [0.25, 0.3) is 0 Å². The molecular weight excluding hydrogens is 126 g/mol. The summed E-state index contributed by atoms with van der Waals surface area (Å²) in [6, 6.07) is 0. The molecule has 1 rings (SSSR count). The monoisotopic (exact) mass is 141 g/mol. The molecule has 3 nitrogen and oxygen atoms in total. The Morgan fingerprint density at radius 2 is 1.30 bits per heavy atom. The van der Waals surface area contributed by atoms with Crippen LogP contribution in [-0.4, -0.2) is 15.0 Å². The van der Waals surface area contributed by atoms with Crippen LogP contribution in [0.2, 0.25) is 0 Å². The minimum atomic E-state index is 1.01. The lowest BCUT2D eigenvalue weighted by Gasteiger charge is -1.77. The molecule has 0 saturated carbocycles. The Labute approximate surface area is 62.1 Å². The molecule has 1 aromatic rings. The second kappa shape index (κ2) is 4.04. The summed E-state index contributed by atoms with van der Waals surface area (Å²) in [6.45, 7) is 7.89. The second-order valence-corrected chi connectivity index (χ2v) is 1.86. The normalized spacial score (nSPS) is 8.50. The van der Waals surface area contributed by atoms with E-state index in [4.69, 9.17) is 0 Å². The minimum Gasteiger partial charge on any atom is -0.188 e. The quantitative estimate of drug-likeness (QED) is 0.547. The smallest absolute Gasteiger partial charge is 0.0825 e. The van der Waals surface area contributed by atoms with Crippen LogP contribution in [0.1, 0.15) is 25.2 Å². The number of hydrogen-bond donors (Lipinski definition) is 0. The van der Waals surface area contributed by atoms with Crippen molar-refractivity contribution in [3.8, 4) is 0 Å². The topological polar surface area (TPSA) is 30.7 Å². The highest BCUT2D eigenvalue weighted by molar-refractivity contribution is 5.02. The summed E-state index contributed by atoms with van der Waals surface area (Å²) < 4.78 is 0. The SMILES string of the molecule is CC.Cc1nn(C)nc1C. The largest absolute Gasteiger partial charge is 0.188 e. The average Bonchev–Trinajstić information content (AvgIpc) is 2.16. The van der Waals surface area contributed by atoms with Crippen molar-refractivity contribution in [2.45, 2.75) is 27.7 Å². The summed E-state index contributed by atoms with van der Waals surface area (Å²) in [5, 5.41) is 8.03. The predicted molar refractivity (Wildman–Crippen MR) is 41.8 cm³/mol. The first-order valence-corrected chi connectivity index (χ1v) is 3.54. The fourth-order valence-electron chi connectivity index (χ4n) is 0.601. The second-order valence-electron chi connectivity index (χ2n) is 1.86. The Hall–Kier alpha value is -0.860. The zero-order valence-corrected chi connectivity index (χ0v) is 7.34. The number of nitrogens with zero attached hydrogens (tertiary/aromatic N) is 3. The lowest BCUT2D eigenvalue weighted by molar-refractivity contribution is 0.646. The Kier molecular flexibility index (Phi) is 3.69. The Bertz CT molecular complexity index is 171. The van der Waals surface area contributed by atoms with Crippen LogP contribution in [0.3, 0.4) is 0 Å². The van der Waals surface area contributed by atoms with Gasteiger partial charge >= 0.3 is 0 Å². The van der Waals surface area contributed by atoms with Crippen LogP contribution in [0.5, 0.6) is 0 Å². The van der Waals surface area contributed by atoms with Gasteiger partial charge in [-0.05, 0) is 13.8 Å². The molecule has 1 heterocycles. The highest BCUT2D eigenvalue weighted by Gasteiger charge is 1.94. The summed E-state index contributed by atoms with van der Waals surface area (Å²) in [5.74, 6) is 0. The van der Waals surface area contributed by atoms with E-state index < -0.39 is 0 Å². The molecular formula is C7H15N3. The van der Waals surface area contributed by atoms with E-state index in [1.165, 1.54) is 0 Å². The molecule has 58 valence electrons. The van der Waals surface area contributed by atoms with Crippen molar-refractivity contribution in [2.75, 3.05) is 0 Å². The fraction of sp³-hybridized carbons (Fsp3) is 0.714. The molecule has 0 radical (unpaired) electrons. The van der Waals surface area contributed by atoms with Gasteiger partial charge in [0, 0.05) is 7.05 Å². The molecule has 0 N–H and O–H groups in total. The number of aromatic nitrogens is 3. The first-order chi connectivity index (χ1) is 4.70. The van der Waals surface area contributed by atoms with Crippen molar-refractivity contribution in [1.29, 1.82) is 0 Å². The molecule has 0 aliphatic rings. The summed E-state index contributed by atoms with van der Waals surface area (Å²) >= 11 is 0. The number of aryl methyl sites for hydroxylation is 3. The molecule has 0 unspecified atom stereocenters. The van der Waals surface area contributed by atoms with Gasteiger partial charge in [0.05, 0.1) is 11.4 Å². The molecule has 0 bridgehead atoms. The Balaban J connectivity index is 0.000000371. The van der Waals surface area contributed by atoms with Crippen LogP contribution in [0.4, 0.5) is 0 Å². The van der Waals surface area contributed by atoms with Crippen LogP contribution < -0.4 is 0 Å². The van der Waals surface area contributed by atoms with Gasteiger partial charge in [0.1, 0.15) is 0 Å². The lowest BCUT2D eigenvalue weighted by atomic mass is 10.4. The molecule has 0 aromatic carbocycles. The summed E-state index contributed by atoms with van der Waals surface area (Å²) in [5.41, 5.74) is 2.01. The van der Waals surface area contributed by atoms with Crippen molar-refractivity contribution in [2.24, 2.45) is 7.05 Å². The molecule has 0 amide bonds. The third-order valence-electron chi connectivity index (χ3n) is 1.11. The molecule has 0 fully saturated rings. The average molecular weight is 141 g/mol. The summed E-state index contributed by atoms with van der Waals surface area (Å²) in [6.07, 6.45) is 0. The standard InChI is InChI=1S/C5H9N3.C2H6/c1-4-5(2)7-8(3)6-4;1-2/h1-3H3;1-2H3. The zero-order chi connectivity index (χ0) is 8.15. The van der Waals surface area contributed by atoms with Crippen molar-refractivity contribution >= 4 is 0 Å². The lowest BCUT2D eigenvalue weighted by Crippen LogP contribution is -1.91. The third-order valence-corrected chi connectivity index (χ3v) is 1.11. The maximum absolute atomic E-state index is 4.02. The summed E-state index contributed by atoms with van der Waals surface area (Å²) in [4.78, 5) is 1.57. The van der Waals surface area contributed by atoms with E-state index in [9.17, 15) is 0 Å². The van der Waals surface area contributed by atoms with Gasteiger partial charge < -0.3 is 0 Å². The molecule has 0 aliphatic heterocycles. The van der Waals surface area contributed by atoms with Gasteiger partial charge in [-0.25, -0.2) is 0 Å². The Morgan fingerprint density at radius 1 is 1.00 bits per heavy atom. The van der Waals surface area contributed by atoms with Gasteiger partial charge in [-0.15, -0.1) is 0 Å². The summed E-state index contributed by atoms with van der Waals surface area (Å²) in [7, 11) is 1.82. The maximum Gasteiger partial charge on any atom is 0.0825 e. The van der Waals surface area contributed by atoms with Crippen LogP contribution >= 0.6 is 0 Å². The minimum absolute atomic E-state index is 1.01. The molecule has 1 aromatic heterocycles. The molecule has 0 spiro atoms. The predicted octanol–water partition coefficient (Wildman–Crippen LogP) is 1.46. The van der Waals surface area contributed by atoms with Gasteiger partial charge in [-0.3, -0.25) is 0 Å². The van der Waals surface area contributed by atoms with Crippen LogP contribution in [0, 0.1) is 13.8 Å². The van der Waals surface area contributed by atoms with Crippen molar-refractivity contribution in [3.05, 3.63) is 11.4 Å². The Morgan fingerprint density at radius 3 is 1.40 bits per heavy atom. The number of hydrogen-bond acceptors (Lipinski definition) is 2. The molecule has 0 aliphatic carbocycles. The van der Waals surface area contributed by atoms with E-state index in [1.807, 2.05) is 34.7 Å². The van der Waals surface area contributed by atoms with Gasteiger partial charge in [-0.2, -0.15) is 15.0 Å². The van der Waals surface area contributed by atoms with E-state index in [0.29, 0.717) is 0 Å². The van der Waals surface area contributed by atoms with Crippen molar-refractivity contribution in [3.63, 3.8) is 0 Å². The van der Waals surface area contributed by atoms with Gasteiger partial charge in [0.25, 0.3) is 0 Å². The third kappa shape index (κ3) is 2.17. The van der Waals surface area contributed by atoms with Crippen molar-refractivity contribution in [1.82, 2.24) is 15.0 Å². The molecule has 10 heavy (non-hydrogen) atoms. The van der Waals surface area contributed by atoms with Crippen LogP contribution in [-0.2, 0) is 7.05 Å². The molecule has 3 heteroatoms.